The van der Waals surface area contributed by atoms with Crippen LogP contribution < -0.4 is 10.6 Å². The molecule has 0 aromatic heterocycles. The molecule has 0 aliphatic carbocycles. The Hall–Kier alpha value is -3.73. The Bertz CT molecular complexity index is 1360. The summed E-state index contributed by atoms with van der Waals surface area (Å²) in [6, 6.07) is 10.4. The van der Waals surface area contributed by atoms with E-state index in [1.165, 1.54) is 6.07 Å². The van der Waals surface area contributed by atoms with Gasteiger partial charge in [-0.05, 0) is 70.6 Å². The highest BCUT2D eigenvalue weighted by molar-refractivity contribution is 6.30. The van der Waals surface area contributed by atoms with Crippen molar-refractivity contribution in [2.24, 2.45) is 0 Å². The van der Waals surface area contributed by atoms with Crippen molar-refractivity contribution in [1.82, 2.24) is 10.6 Å². The van der Waals surface area contributed by atoms with Crippen molar-refractivity contribution in [2.45, 2.75) is 44.7 Å². The summed E-state index contributed by atoms with van der Waals surface area (Å²) in [6.45, 7) is 1.71. The quantitative estimate of drug-likeness (QED) is 0.210. The van der Waals surface area contributed by atoms with E-state index in [0.717, 1.165) is 43.0 Å². The number of alkyl halides is 6. The zero-order valence-electron chi connectivity index (χ0n) is 21.3. The van der Waals surface area contributed by atoms with Gasteiger partial charge in [-0.15, -0.1) is 0 Å². The fraction of sp³-hybridized carbons (Fsp3) is 0.286. The lowest BCUT2D eigenvalue weighted by Crippen LogP contribution is -2.37. The van der Waals surface area contributed by atoms with Gasteiger partial charge in [0.15, 0.2) is 0 Å². The molecule has 0 bridgehead atoms. The van der Waals surface area contributed by atoms with Crippen LogP contribution >= 0.6 is 11.6 Å². The number of nitrogens with one attached hydrogen (secondary N) is 2. The summed E-state index contributed by atoms with van der Waals surface area (Å²) in [5.41, 5.74) is -1.51. The molecule has 12 heteroatoms. The van der Waals surface area contributed by atoms with Crippen LogP contribution in [0.15, 0.2) is 60.7 Å². The first kappa shape index (κ1) is 30.8. The van der Waals surface area contributed by atoms with Crippen LogP contribution in [0.3, 0.4) is 0 Å². The second-order valence-electron chi connectivity index (χ2n) is 8.88. The summed E-state index contributed by atoms with van der Waals surface area (Å²) < 4.78 is 86.6. The largest absolute Gasteiger partial charge is 0.469 e. The number of ether oxygens (including phenoxy) is 1. The van der Waals surface area contributed by atoms with Crippen LogP contribution in [-0.2, 0) is 34.8 Å². The third-order valence-corrected chi connectivity index (χ3v) is 6.29. The number of hydrogen-bond donors (Lipinski definition) is 2. The van der Waals surface area contributed by atoms with Gasteiger partial charge in [0.05, 0.1) is 30.7 Å². The molecule has 0 fully saturated rings. The zero-order valence-corrected chi connectivity index (χ0v) is 22.1. The van der Waals surface area contributed by atoms with Gasteiger partial charge < -0.3 is 15.4 Å². The molecule has 0 saturated carbocycles. The van der Waals surface area contributed by atoms with E-state index in [2.05, 4.69) is 15.4 Å². The van der Waals surface area contributed by atoms with E-state index in [4.69, 9.17) is 11.6 Å². The van der Waals surface area contributed by atoms with Crippen molar-refractivity contribution >= 4 is 23.6 Å². The number of benzene rings is 3. The number of carbonyl (C=O) groups is 2. The lowest BCUT2D eigenvalue weighted by Gasteiger charge is -2.23. The second kappa shape index (κ2) is 12.6. The minimum absolute atomic E-state index is 0.0371. The molecule has 0 saturated heterocycles. The molecule has 0 heterocycles. The molecule has 0 spiro atoms. The van der Waals surface area contributed by atoms with Crippen molar-refractivity contribution in [3.05, 3.63) is 93.5 Å². The van der Waals surface area contributed by atoms with Crippen LogP contribution in [-0.4, -0.2) is 19.1 Å². The van der Waals surface area contributed by atoms with Crippen molar-refractivity contribution in [2.75, 3.05) is 7.11 Å². The smallest absolute Gasteiger partial charge is 0.416 e. The fourth-order valence-electron chi connectivity index (χ4n) is 4.04. The van der Waals surface area contributed by atoms with Gasteiger partial charge in [-0.25, -0.2) is 4.79 Å². The number of rotatable bonds is 8. The lowest BCUT2D eigenvalue weighted by molar-refractivity contribution is -0.140. The van der Waals surface area contributed by atoms with Crippen molar-refractivity contribution in [3.8, 4) is 11.1 Å². The molecule has 1 unspecified atom stereocenters. The molecule has 2 amide bonds. The molecule has 3 aromatic carbocycles. The molecule has 3 aromatic rings. The molecule has 2 N–H and O–H groups in total. The van der Waals surface area contributed by atoms with Crippen molar-refractivity contribution in [3.63, 3.8) is 0 Å². The number of carbonyl (C=O) groups excluding carboxylic acids is 2. The summed E-state index contributed by atoms with van der Waals surface area (Å²) in [5, 5.41) is 5.72. The monoisotopic (exact) mass is 586 g/mol. The van der Waals surface area contributed by atoms with Gasteiger partial charge in [-0.3, -0.25) is 4.79 Å². The van der Waals surface area contributed by atoms with Gasteiger partial charge >= 0.3 is 24.4 Å². The first-order chi connectivity index (χ1) is 18.7. The van der Waals surface area contributed by atoms with E-state index in [9.17, 15) is 35.9 Å². The molecule has 1 atom stereocenters. The van der Waals surface area contributed by atoms with Crippen LogP contribution in [0.5, 0.6) is 0 Å². The summed E-state index contributed by atoms with van der Waals surface area (Å²) in [7, 11) is 1.08. The second-order valence-corrected chi connectivity index (χ2v) is 9.32. The molecule has 214 valence electrons. The Morgan fingerprint density at radius 2 is 1.52 bits per heavy atom. The topological polar surface area (TPSA) is 67.4 Å². The summed E-state index contributed by atoms with van der Waals surface area (Å²) >= 11 is 5.85. The third-order valence-electron chi connectivity index (χ3n) is 6.04. The van der Waals surface area contributed by atoms with Gasteiger partial charge in [0, 0.05) is 11.6 Å². The molecule has 0 radical (unpaired) electrons. The Morgan fingerprint density at radius 3 is 2.10 bits per heavy atom. The highest BCUT2D eigenvalue weighted by Crippen LogP contribution is 2.39. The van der Waals surface area contributed by atoms with Crippen LogP contribution in [0.2, 0.25) is 5.02 Å². The zero-order chi connectivity index (χ0) is 29.7. The van der Waals surface area contributed by atoms with E-state index in [-0.39, 0.29) is 35.2 Å². The van der Waals surface area contributed by atoms with Gasteiger partial charge in [0.2, 0.25) is 0 Å². The van der Waals surface area contributed by atoms with E-state index in [1.807, 2.05) is 0 Å². The Morgan fingerprint density at radius 1 is 0.875 bits per heavy atom. The number of halogens is 7. The molecule has 5 nitrogen and oxygen atoms in total. The van der Waals surface area contributed by atoms with E-state index >= 15 is 0 Å². The number of hydrogen-bond acceptors (Lipinski definition) is 3. The molecule has 3 rings (SSSR count). The molecule has 0 aliphatic heterocycles. The molecular weight excluding hydrogens is 562 g/mol. The minimum atomic E-state index is -4.79. The summed E-state index contributed by atoms with van der Waals surface area (Å²) in [4.78, 5) is 24.5. The maximum absolute atomic E-state index is 13.7. The van der Waals surface area contributed by atoms with Crippen molar-refractivity contribution < 1.29 is 40.7 Å². The number of methoxy groups -OCH3 is 1. The number of amides is 2. The van der Waals surface area contributed by atoms with Crippen LogP contribution in [0, 0.1) is 0 Å². The maximum Gasteiger partial charge on any atom is 0.416 e. The Balaban J connectivity index is 2.04. The number of urea groups is 1. The standard InChI is InChI=1S/C28H25ClF6N2O3/c1-3-24(37-26(39)36-15-16-4-7-21(29)8-5-16)23-14-19(27(30,31)32)6-9-22(23)18-10-17(12-25(38)40-2)11-20(13-18)28(33,34)35/h4-11,13-14,24H,3,12,15H2,1-2H3,(H2,36,37,39). The van der Waals surface area contributed by atoms with Gasteiger partial charge in [0.1, 0.15) is 0 Å². The highest BCUT2D eigenvalue weighted by Gasteiger charge is 2.34. The van der Waals surface area contributed by atoms with Crippen LogP contribution in [0.1, 0.15) is 47.2 Å². The Kier molecular flexibility index (Phi) is 9.73. The third kappa shape index (κ3) is 8.14. The minimum Gasteiger partial charge on any atom is -0.469 e. The predicted molar refractivity (Wildman–Crippen MR) is 137 cm³/mol. The van der Waals surface area contributed by atoms with E-state index in [1.54, 1.807) is 31.2 Å². The van der Waals surface area contributed by atoms with Crippen LogP contribution in [0.25, 0.3) is 11.1 Å². The average Bonchev–Trinajstić information content (AvgIpc) is 2.89. The lowest BCUT2D eigenvalue weighted by atomic mass is 9.89. The van der Waals surface area contributed by atoms with E-state index in [0.29, 0.717) is 5.02 Å². The van der Waals surface area contributed by atoms with Crippen LogP contribution in [0.4, 0.5) is 31.1 Å². The molecule has 0 aliphatic rings. The SMILES string of the molecule is CCC(NC(=O)NCc1ccc(Cl)cc1)c1cc(C(F)(F)F)ccc1-c1cc(CC(=O)OC)cc(C(F)(F)F)c1. The maximum atomic E-state index is 13.7. The van der Waals surface area contributed by atoms with Crippen molar-refractivity contribution in [1.29, 1.82) is 0 Å². The summed E-state index contributed by atoms with van der Waals surface area (Å²) in [6.07, 6.45) is -9.90. The fourth-order valence-corrected chi connectivity index (χ4v) is 4.16. The molecule has 40 heavy (non-hydrogen) atoms. The normalized spacial score (nSPS) is 12.5. The predicted octanol–water partition coefficient (Wildman–Crippen LogP) is 7.71. The van der Waals surface area contributed by atoms with Gasteiger partial charge in [0.25, 0.3) is 0 Å². The Labute approximate surface area is 231 Å². The van der Waals surface area contributed by atoms with Gasteiger partial charge in [-0.1, -0.05) is 42.8 Å². The molecular formula is C28H25ClF6N2O3. The first-order valence-corrected chi connectivity index (χ1v) is 12.4. The van der Waals surface area contributed by atoms with Gasteiger partial charge in [-0.2, -0.15) is 26.3 Å². The number of esters is 1. The summed E-state index contributed by atoms with van der Waals surface area (Å²) in [5.74, 6) is -0.789. The average molecular weight is 587 g/mol. The highest BCUT2D eigenvalue weighted by atomic mass is 35.5. The van der Waals surface area contributed by atoms with E-state index < -0.39 is 47.9 Å². The first-order valence-electron chi connectivity index (χ1n) is 12.0.